The quantitative estimate of drug-likeness (QED) is 0.166. The minimum Gasteiger partial charge on any atom is -0.496 e. The zero-order valence-electron chi connectivity index (χ0n) is 63.6. The molecule has 10 atom stereocenters. The number of nitrogens with zero attached hydrogens (tertiary/aromatic N) is 3. The van der Waals surface area contributed by atoms with Crippen LogP contribution in [-0.4, -0.2) is 31.2 Å². The van der Waals surface area contributed by atoms with E-state index in [0.29, 0.717) is 0 Å². The number of anilines is 1. The van der Waals surface area contributed by atoms with Crippen LogP contribution >= 0.6 is 0 Å². The molecule has 0 N–H and O–H groups in total. The first-order valence-corrected chi connectivity index (χ1v) is 36.7. The van der Waals surface area contributed by atoms with E-state index in [1.54, 1.807) is 38.8 Å². The van der Waals surface area contributed by atoms with Gasteiger partial charge in [-0.1, -0.05) is 268 Å². The van der Waals surface area contributed by atoms with Gasteiger partial charge in [0.1, 0.15) is 5.75 Å². The first-order valence-electron chi connectivity index (χ1n) is 36.7. The Hall–Kier alpha value is -5.48. The lowest BCUT2D eigenvalue weighted by molar-refractivity contribution is 0.0652. The summed E-state index contributed by atoms with van der Waals surface area (Å²) in [7, 11) is 5.80. The Bertz CT molecular complexity index is 2730. The second kappa shape index (κ2) is 47.4. The van der Waals surface area contributed by atoms with Gasteiger partial charge in [-0.3, -0.25) is 9.97 Å². The highest BCUT2D eigenvalue weighted by Crippen LogP contribution is 2.51. The Labute approximate surface area is 573 Å². The van der Waals surface area contributed by atoms with E-state index >= 15 is 0 Å². The molecule has 10 unspecified atom stereocenters. The van der Waals surface area contributed by atoms with Crippen LogP contribution in [0.4, 0.5) is 5.69 Å². The Morgan fingerprint density at radius 1 is 0.435 bits per heavy atom. The van der Waals surface area contributed by atoms with E-state index in [1.165, 1.54) is 140 Å². The maximum absolute atomic E-state index is 5.04. The summed E-state index contributed by atoms with van der Waals surface area (Å²) in [5.74, 6) is 13.4. The van der Waals surface area contributed by atoms with Crippen LogP contribution < -0.4 is 9.64 Å². The first-order chi connectivity index (χ1) is 44.0. The average Bonchev–Trinajstić information content (AvgIpc) is 1.84. The normalized spacial score (nSPS) is 24.2. The van der Waals surface area contributed by atoms with E-state index in [1.807, 2.05) is 71.0 Å². The molecule has 92 heavy (non-hydrogen) atoms. The van der Waals surface area contributed by atoms with Crippen molar-refractivity contribution in [3.05, 3.63) is 191 Å². The SMILES string of the molecule is C/C=C\C.CC1C2CCC(C2)C1C.CC1CC=CCC1C.CC1CCCC2CCCC(C)C12.CC1CCCCC1C.CCCC.COc1ccccc1C.Cc1cccc2cccc(C)c12.Cc1ccccc1C.Cc1ccccc1N(C)C.Cc1nccnc1C.[HH].[HH].[HH]. The lowest BCUT2D eigenvalue weighted by Gasteiger charge is -2.44. The maximum Gasteiger partial charge on any atom is 0.121 e. The Morgan fingerprint density at radius 2 is 0.826 bits per heavy atom. The topological polar surface area (TPSA) is 38.2 Å². The van der Waals surface area contributed by atoms with Gasteiger partial charge in [0.05, 0.1) is 18.5 Å². The number of hydrogen-bond acceptors (Lipinski definition) is 4. The third kappa shape index (κ3) is 31.2. The van der Waals surface area contributed by atoms with Crippen molar-refractivity contribution in [3.63, 3.8) is 0 Å². The first kappa shape index (κ1) is 82.6. The van der Waals surface area contributed by atoms with Crippen LogP contribution in [0.2, 0.25) is 0 Å². The van der Waals surface area contributed by atoms with E-state index in [4.69, 9.17) is 4.74 Å². The van der Waals surface area contributed by atoms with Crippen LogP contribution in [0, 0.1) is 126 Å². The van der Waals surface area contributed by atoms with E-state index in [-0.39, 0.29) is 4.28 Å². The lowest BCUT2D eigenvalue weighted by atomic mass is 9.62. The second-order valence-electron chi connectivity index (χ2n) is 28.7. The summed E-state index contributed by atoms with van der Waals surface area (Å²) in [5, 5.41) is 2.75. The van der Waals surface area contributed by atoms with E-state index in [2.05, 4.69) is 230 Å². The molecule has 0 amide bonds. The fourth-order valence-corrected chi connectivity index (χ4v) is 14.0. The molecule has 518 valence electrons. The summed E-state index contributed by atoms with van der Waals surface area (Å²) in [6.07, 6.45) is 36.9. The van der Waals surface area contributed by atoms with Gasteiger partial charge in [-0.15, -0.1) is 0 Å². The van der Waals surface area contributed by atoms with Gasteiger partial charge in [0.15, 0.2) is 0 Å². The van der Waals surface area contributed by atoms with Gasteiger partial charge < -0.3 is 9.64 Å². The molecule has 6 aliphatic carbocycles. The third-order valence-electron chi connectivity index (χ3n) is 21.5. The van der Waals surface area contributed by atoms with Gasteiger partial charge in [0.25, 0.3) is 0 Å². The van der Waals surface area contributed by atoms with Gasteiger partial charge >= 0.3 is 0 Å². The minimum absolute atomic E-state index is 0. The number of allylic oxidation sites excluding steroid dienone is 4. The predicted octanol–water partition coefficient (Wildman–Crippen LogP) is 27.0. The van der Waals surface area contributed by atoms with Crippen LogP contribution in [0.1, 0.15) is 241 Å². The van der Waals surface area contributed by atoms with Gasteiger partial charge in [-0.2, -0.15) is 0 Å². The van der Waals surface area contributed by atoms with Crippen molar-refractivity contribution >= 4 is 16.5 Å². The van der Waals surface area contributed by atoms with Crippen molar-refractivity contribution in [2.24, 2.45) is 71.0 Å². The number of methoxy groups -OCH3 is 1. The summed E-state index contributed by atoms with van der Waals surface area (Å²) >= 11 is 0. The molecule has 0 radical (unpaired) electrons. The molecule has 12 rings (SSSR count). The molecule has 1 heterocycles. The number of rotatable bonds is 3. The van der Waals surface area contributed by atoms with E-state index < -0.39 is 0 Å². The average molecular weight is 1260 g/mol. The highest BCUT2D eigenvalue weighted by atomic mass is 16.5. The van der Waals surface area contributed by atoms with E-state index in [0.717, 1.165) is 88.2 Å². The van der Waals surface area contributed by atoms with Crippen molar-refractivity contribution in [2.75, 3.05) is 26.1 Å². The number of para-hydroxylation sites is 2. The summed E-state index contributed by atoms with van der Waals surface area (Å²) in [6, 6.07) is 37.5. The van der Waals surface area contributed by atoms with Crippen molar-refractivity contribution in [1.29, 1.82) is 0 Å². The summed E-state index contributed by atoms with van der Waals surface area (Å²) < 4.78 is 5.04. The van der Waals surface area contributed by atoms with Crippen LogP contribution in [0.3, 0.4) is 0 Å². The fraction of sp³-hybridized carbons (Fsp3) is 0.591. The number of fused-ring (bicyclic) bond motifs is 4. The molecule has 5 fully saturated rings. The largest absolute Gasteiger partial charge is 0.496 e. The van der Waals surface area contributed by atoms with Gasteiger partial charge in [0, 0.05) is 36.5 Å². The fourth-order valence-electron chi connectivity index (χ4n) is 14.0. The molecule has 5 aromatic carbocycles. The number of hydrogen-bond donors (Lipinski definition) is 0. The number of ether oxygens (including phenoxy) is 1. The summed E-state index contributed by atoms with van der Waals surface area (Å²) in [5.41, 5.74) is 11.3. The summed E-state index contributed by atoms with van der Waals surface area (Å²) in [6.45, 7) is 44.2. The molecule has 6 aromatic rings. The number of aromatic nitrogens is 2. The van der Waals surface area contributed by atoms with Crippen LogP contribution in [0.25, 0.3) is 10.8 Å². The highest BCUT2D eigenvalue weighted by molar-refractivity contribution is 5.88. The number of unbranched alkanes of at least 4 members (excludes halogenated alkanes) is 1. The second-order valence-corrected chi connectivity index (χ2v) is 28.7. The molecule has 5 saturated carbocycles. The van der Waals surface area contributed by atoms with Crippen molar-refractivity contribution in [3.8, 4) is 5.75 Å². The van der Waals surface area contributed by atoms with Crippen LogP contribution in [0.5, 0.6) is 5.75 Å². The monoisotopic (exact) mass is 1260 g/mol. The van der Waals surface area contributed by atoms with Gasteiger partial charge in [-0.05, 0) is 229 Å². The van der Waals surface area contributed by atoms with Crippen molar-refractivity contribution in [2.45, 2.75) is 248 Å². The molecule has 2 bridgehead atoms. The molecule has 4 heteroatoms. The molecule has 1 aromatic heterocycles. The molecule has 0 spiro atoms. The summed E-state index contributed by atoms with van der Waals surface area (Å²) in [4.78, 5) is 10.2. The highest BCUT2D eigenvalue weighted by Gasteiger charge is 2.42. The third-order valence-corrected chi connectivity index (χ3v) is 21.5. The standard InChI is InChI=1S/C12H22.C12H12.C9H13N.C9H16.C8H10O.C8H16.C8H14.C8H10.C6H8N2.C4H10.C4H8.3H2/c2*1-9-5-3-7-11-8-4-6-10(2)12(9)11;1-8-6-4-5-7-9(8)10(2)3;1-6-7(2)9-4-3-8(6)5-9;1-7-5-3-4-6-8(7)9-2;3*1-7-5-3-4-6-8(7)2;1-5-6(2)8-4-3-7-5;2*1-3-4-2;;;/h9-12H,3-8H2,1-2H3;3-8H,1-2H3;4-7H,1-3H3;6-9H,3-5H2,1-2H3;3-6H,1-2H3;7-8H,3-6H2,1-2H3;3-4,7-8H,5-6H2,1-2H3;3-6H,1-2H3;3-4H,1-2H3;3-4H2,1-2H3;3-4H,1-2H3;3*1H/b;;;;;;;;;;4-3-;;;. The van der Waals surface area contributed by atoms with Crippen LogP contribution in [0.15, 0.2) is 146 Å². The van der Waals surface area contributed by atoms with Gasteiger partial charge in [0.2, 0.25) is 0 Å². The van der Waals surface area contributed by atoms with Gasteiger partial charge in [-0.25, -0.2) is 0 Å². The number of benzene rings is 5. The molecule has 0 saturated heterocycles. The molecular weight excluding hydrogens is 1110 g/mol. The van der Waals surface area contributed by atoms with Crippen LogP contribution in [-0.2, 0) is 0 Å². The van der Waals surface area contributed by atoms with E-state index in [9.17, 15) is 0 Å². The zero-order chi connectivity index (χ0) is 68.5. The molecule has 6 aliphatic rings. The maximum atomic E-state index is 5.04. The van der Waals surface area contributed by atoms with Crippen molar-refractivity contribution < 1.29 is 9.02 Å². The zero-order valence-corrected chi connectivity index (χ0v) is 63.6. The molecule has 0 aliphatic heterocycles. The molecular formula is C88H145N3O. The number of aryl methyl sites for hydroxylation is 8. The lowest BCUT2D eigenvalue weighted by Crippen LogP contribution is -2.34. The smallest absolute Gasteiger partial charge is 0.121 e. The minimum atomic E-state index is 0. The Morgan fingerprint density at radius 3 is 1.11 bits per heavy atom. The Balaban J connectivity index is 0. The predicted molar refractivity (Wildman–Crippen MR) is 417 cm³/mol. The Kier molecular flexibility index (Phi) is 42.6. The van der Waals surface area contributed by atoms with Crippen molar-refractivity contribution in [1.82, 2.24) is 9.97 Å². The molecule has 4 nitrogen and oxygen atoms in total.